The van der Waals surface area contributed by atoms with Crippen LogP contribution in [0.25, 0.3) is 10.8 Å². The third kappa shape index (κ3) is 3.31. The number of hydrogen-bond donors (Lipinski definition) is 1. The largest absolute Gasteiger partial charge is 0.241 e. The van der Waals surface area contributed by atoms with E-state index in [4.69, 9.17) is 5.26 Å². The molecule has 0 atom stereocenters. The van der Waals surface area contributed by atoms with Gasteiger partial charge in [0, 0.05) is 29.6 Å². The molecule has 0 aliphatic rings. The predicted molar refractivity (Wildman–Crippen MR) is 70.5 cm³/mol. The molecule has 0 amide bonds. The van der Waals surface area contributed by atoms with E-state index >= 15 is 0 Å². The smallest absolute Gasteiger partial charge is 0.207 e. The van der Waals surface area contributed by atoms with Crippen LogP contribution >= 0.6 is 0 Å². The summed E-state index contributed by atoms with van der Waals surface area (Å²) in [4.78, 5) is 0.173. The van der Waals surface area contributed by atoms with E-state index in [1.165, 1.54) is 6.07 Å². The number of sulfonamides is 1. The Balaban J connectivity index is 0.00000162. The van der Waals surface area contributed by atoms with E-state index in [-0.39, 0.29) is 41.0 Å². The topological polar surface area (TPSA) is 70.0 Å². The van der Waals surface area contributed by atoms with Crippen LogP contribution in [0.1, 0.15) is 0 Å². The van der Waals surface area contributed by atoms with Crippen LogP contribution in [0, 0.1) is 11.3 Å². The summed E-state index contributed by atoms with van der Waals surface area (Å²) >= 11 is 0. The van der Waals surface area contributed by atoms with Crippen molar-refractivity contribution in [3.05, 3.63) is 42.5 Å². The average molecular weight is 269 g/mol. The summed E-state index contributed by atoms with van der Waals surface area (Å²) in [6.45, 7) is -0.227. The Morgan fingerprint density at radius 2 is 1.78 bits per heavy atom. The summed E-state index contributed by atoms with van der Waals surface area (Å²) in [6.07, 6.45) is 0. The Kier molecular flexibility index (Phi) is 5.32. The van der Waals surface area contributed by atoms with Gasteiger partial charge in [-0.3, -0.25) is 0 Å². The maximum absolute atomic E-state index is 11.8. The summed E-state index contributed by atoms with van der Waals surface area (Å²) in [5, 5.41) is 10.2. The zero-order valence-corrected chi connectivity index (χ0v) is 12.7. The standard InChI is InChI=1S/C12H10N2O2S.Na/c13-7-8-14-17(15,16)12-6-5-10-3-1-2-4-11(10)9-12;/h1-6,9,14H,8H2;. The second-order valence-electron chi connectivity index (χ2n) is 3.49. The van der Waals surface area contributed by atoms with Crippen LogP contribution in [0.4, 0.5) is 0 Å². The number of nitriles is 1. The Hall–Kier alpha value is -0.900. The van der Waals surface area contributed by atoms with E-state index < -0.39 is 10.0 Å². The minimum atomic E-state index is -3.59. The van der Waals surface area contributed by atoms with Crippen molar-refractivity contribution in [3.8, 4) is 6.07 Å². The number of rotatable bonds is 3. The van der Waals surface area contributed by atoms with Gasteiger partial charge in [-0.15, -0.1) is 0 Å². The van der Waals surface area contributed by atoms with Crippen molar-refractivity contribution in [1.82, 2.24) is 4.72 Å². The van der Waals surface area contributed by atoms with Gasteiger partial charge in [0.1, 0.15) is 0 Å². The van der Waals surface area contributed by atoms with Gasteiger partial charge in [-0.1, -0.05) is 30.3 Å². The SMILES string of the molecule is N#CCNS(=O)(=O)c1ccc2ccccc2c1.[Na]. The molecule has 0 aromatic heterocycles. The molecule has 2 rings (SSSR count). The summed E-state index contributed by atoms with van der Waals surface area (Å²) < 4.78 is 25.7. The van der Waals surface area contributed by atoms with Crippen LogP contribution < -0.4 is 4.72 Å². The molecule has 0 saturated heterocycles. The van der Waals surface area contributed by atoms with E-state index in [9.17, 15) is 8.42 Å². The molecule has 1 radical (unpaired) electrons. The van der Waals surface area contributed by atoms with E-state index in [1.807, 2.05) is 24.3 Å². The molecule has 18 heavy (non-hydrogen) atoms. The molecule has 2 aromatic rings. The Morgan fingerprint density at radius 3 is 2.44 bits per heavy atom. The molecular formula is C12H10N2NaO2S. The first-order chi connectivity index (χ1) is 8.13. The molecule has 1 N–H and O–H groups in total. The molecular weight excluding hydrogens is 259 g/mol. The number of nitrogens with one attached hydrogen (secondary N) is 1. The quantitative estimate of drug-likeness (QED) is 0.673. The Morgan fingerprint density at radius 1 is 1.11 bits per heavy atom. The summed E-state index contributed by atoms with van der Waals surface area (Å²) in [5.41, 5.74) is 0. The van der Waals surface area contributed by atoms with Gasteiger partial charge in [0.25, 0.3) is 0 Å². The maximum Gasteiger partial charge on any atom is 0.241 e. The Labute approximate surface area is 128 Å². The van der Waals surface area contributed by atoms with Crippen molar-refractivity contribution in [1.29, 1.82) is 5.26 Å². The van der Waals surface area contributed by atoms with Crippen molar-refractivity contribution in [2.75, 3.05) is 6.54 Å². The van der Waals surface area contributed by atoms with Crippen LogP contribution in [-0.2, 0) is 10.0 Å². The molecule has 87 valence electrons. The van der Waals surface area contributed by atoms with Gasteiger partial charge in [0.2, 0.25) is 10.0 Å². The van der Waals surface area contributed by atoms with Crippen LogP contribution in [-0.4, -0.2) is 44.5 Å². The second kappa shape index (κ2) is 6.32. The monoisotopic (exact) mass is 269 g/mol. The third-order valence-corrected chi connectivity index (χ3v) is 3.77. The molecule has 0 aliphatic heterocycles. The summed E-state index contributed by atoms with van der Waals surface area (Å²) in [7, 11) is -3.59. The van der Waals surface area contributed by atoms with Crippen LogP contribution in [0.3, 0.4) is 0 Å². The number of benzene rings is 2. The fraction of sp³-hybridized carbons (Fsp3) is 0.0833. The van der Waals surface area contributed by atoms with Gasteiger partial charge in [0.15, 0.2) is 0 Å². The fourth-order valence-electron chi connectivity index (χ4n) is 1.55. The van der Waals surface area contributed by atoms with E-state index in [0.717, 1.165) is 10.8 Å². The summed E-state index contributed by atoms with van der Waals surface area (Å²) in [5.74, 6) is 0. The van der Waals surface area contributed by atoms with Crippen molar-refractivity contribution in [2.45, 2.75) is 4.90 Å². The maximum atomic E-state index is 11.8. The molecule has 2 aromatic carbocycles. The van der Waals surface area contributed by atoms with Gasteiger partial charge < -0.3 is 0 Å². The molecule has 0 saturated carbocycles. The third-order valence-electron chi connectivity index (χ3n) is 2.37. The first-order valence-corrected chi connectivity index (χ1v) is 6.47. The Bertz CT molecular complexity index is 693. The molecule has 4 nitrogen and oxygen atoms in total. The predicted octanol–water partition coefficient (Wildman–Crippen LogP) is 1.26. The normalized spacial score (nSPS) is 10.6. The fourth-order valence-corrected chi connectivity index (χ4v) is 2.50. The summed E-state index contributed by atoms with van der Waals surface area (Å²) in [6, 6.07) is 14.1. The molecule has 0 spiro atoms. The van der Waals surface area contributed by atoms with Crippen molar-refractivity contribution in [2.24, 2.45) is 0 Å². The van der Waals surface area contributed by atoms with Crippen molar-refractivity contribution < 1.29 is 8.42 Å². The van der Waals surface area contributed by atoms with Gasteiger partial charge in [-0.2, -0.15) is 9.98 Å². The molecule has 0 heterocycles. The molecule has 0 unspecified atom stereocenters. The number of fused-ring (bicyclic) bond motifs is 1. The van der Waals surface area contributed by atoms with Crippen LogP contribution in [0.2, 0.25) is 0 Å². The zero-order valence-electron chi connectivity index (χ0n) is 9.92. The van der Waals surface area contributed by atoms with Gasteiger partial charge in [0.05, 0.1) is 17.5 Å². The van der Waals surface area contributed by atoms with Gasteiger partial charge in [-0.25, -0.2) is 8.42 Å². The minimum absolute atomic E-state index is 0. The number of hydrogen-bond acceptors (Lipinski definition) is 3. The van der Waals surface area contributed by atoms with E-state index in [2.05, 4.69) is 4.72 Å². The van der Waals surface area contributed by atoms with E-state index in [1.54, 1.807) is 18.2 Å². The minimum Gasteiger partial charge on any atom is -0.207 e. The first kappa shape index (κ1) is 15.2. The van der Waals surface area contributed by atoms with Crippen LogP contribution in [0.5, 0.6) is 0 Å². The number of nitrogens with zero attached hydrogens (tertiary/aromatic N) is 1. The van der Waals surface area contributed by atoms with E-state index in [0.29, 0.717) is 0 Å². The van der Waals surface area contributed by atoms with Crippen LogP contribution in [0.15, 0.2) is 47.4 Å². The molecule has 6 heteroatoms. The van der Waals surface area contributed by atoms with Gasteiger partial charge in [-0.05, 0) is 22.9 Å². The molecule has 0 bridgehead atoms. The zero-order chi connectivity index (χ0) is 12.3. The first-order valence-electron chi connectivity index (χ1n) is 4.99. The van der Waals surface area contributed by atoms with Crippen molar-refractivity contribution >= 4 is 50.4 Å². The second-order valence-corrected chi connectivity index (χ2v) is 5.26. The van der Waals surface area contributed by atoms with Gasteiger partial charge >= 0.3 is 0 Å². The average Bonchev–Trinajstić information content (AvgIpc) is 2.36. The molecule has 0 fully saturated rings. The van der Waals surface area contributed by atoms with Crippen molar-refractivity contribution in [3.63, 3.8) is 0 Å². The molecule has 0 aliphatic carbocycles.